The van der Waals surface area contributed by atoms with E-state index in [0.717, 1.165) is 0 Å². The minimum Gasteiger partial charge on any atom is -0.195 e. The zero-order valence-electron chi connectivity index (χ0n) is 8.19. The molecule has 0 aromatic rings. The molecule has 0 bridgehead atoms. The Morgan fingerprint density at radius 1 is 0.474 bits per heavy atom. The summed E-state index contributed by atoms with van der Waals surface area (Å²) in [5.41, 5.74) is 0. The van der Waals surface area contributed by atoms with Crippen molar-refractivity contribution >= 4 is 0 Å². The predicted molar refractivity (Wildman–Crippen MR) is 36.1 cm³/mol. The normalized spacial score (nSPS) is 16.2. The van der Waals surface area contributed by atoms with Crippen LogP contribution in [0.4, 0.5) is 52.7 Å². The van der Waals surface area contributed by atoms with Gasteiger partial charge in [-0.2, -0.15) is 52.7 Å². The SMILES string of the molecule is FC(F)(F)C=CC(F)(F)C(F)(F)C(F)(F)C(F)(F)F. The lowest BCUT2D eigenvalue weighted by Crippen LogP contribution is -2.60. The van der Waals surface area contributed by atoms with Gasteiger partial charge in [0.15, 0.2) is 0 Å². The average Bonchev–Trinajstić information content (AvgIpc) is 2.11. The largest absolute Gasteiger partial charge is 0.460 e. The Hall–Kier alpha value is -1.10. The molecule has 0 aliphatic heterocycles. The summed E-state index contributed by atoms with van der Waals surface area (Å²) in [5, 5.41) is 0. The summed E-state index contributed by atoms with van der Waals surface area (Å²) in [7, 11) is 0. The van der Waals surface area contributed by atoms with Crippen molar-refractivity contribution in [3.05, 3.63) is 12.2 Å². The van der Waals surface area contributed by atoms with Gasteiger partial charge in [-0.25, -0.2) is 0 Å². The highest BCUT2D eigenvalue weighted by Gasteiger charge is 2.81. The Balaban J connectivity index is 5.59. The van der Waals surface area contributed by atoms with Gasteiger partial charge in [-0.05, 0) is 6.08 Å². The fourth-order valence-electron chi connectivity index (χ4n) is 0.691. The van der Waals surface area contributed by atoms with Crippen molar-refractivity contribution in [2.45, 2.75) is 30.1 Å². The highest BCUT2D eigenvalue weighted by molar-refractivity contribution is 5.11. The van der Waals surface area contributed by atoms with Crippen LogP contribution in [-0.4, -0.2) is 30.1 Å². The molecule has 0 rings (SSSR count). The van der Waals surface area contributed by atoms with Gasteiger partial charge in [-0.15, -0.1) is 0 Å². The maximum atomic E-state index is 12.4. The standard InChI is InChI=1S/C7H2F12/c8-3(9,1-2-4(10,11)12)5(13,14)6(15,16)7(17,18)19/h1-2H. The van der Waals surface area contributed by atoms with Crippen molar-refractivity contribution in [2.75, 3.05) is 0 Å². The second-order valence-corrected chi connectivity index (χ2v) is 3.14. The van der Waals surface area contributed by atoms with Gasteiger partial charge in [-0.1, -0.05) is 0 Å². The molecular formula is C7H2F12. The van der Waals surface area contributed by atoms with Crippen LogP contribution in [0.5, 0.6) is 0 Å². The maximum absolute atomic E-state index is 12.4. The van der Waals surface area contributed by atoms with Crippen LogP contribution in [0.2, 0.25) is 0 Å². The quantitative estimate of drug-likeness (QED) is 0.529. The van der Waals surface area contributed by atoms with Crippen LogP contribution >= 0.6 is 0 Å². The fraction of sp³-hybridized carbons (Fsp3) is 0.714. The van der Waals surface area contributed by atoms with Crippen molar-refractivity contribution in [3.63, 3.8) is 0 Å². The average molecular weight is 314 g/mol. The number of rotatable bonds is 3. The Kier molecular flexibility index (Phi) is 4.22. The minimum absolute atomic E-state index is 1.56. The summed E-state index contributed by atoms with van der Waals surface area (Å²) in [5.74, 6) is -20.7. The fourth-order valence-corrected chi connectivity index (χ4v) is 0.691. The summed E-state index contributed by atoms with van der Waals surface area (Å²) in [6.45, 7) is 0. The minimum atomic E-state index is -7.21. The maximum Gasteiger partial charge on any atom is 0.460 e. The van der Waals surface area contributed by atoms with Crippen LogP contribution in [0.25, 0.3) is 0 Å². The van der Waals surface area contributed by atoms with E-state index in [1.165, 1.54) is 0 Å². The first-order chi connectivity index (χ1) is 7.96. The summed E-state index contributed by atoms with van der Waals surface area (Å²) >= 11 is 0. The predicted octanol–water partition coefficient (Wildman–Crippen LogP) is 4.57. The Labute approximate surface area is 96.2 Å². The van der Waals surface area contributed by atoms with Crippen LogP contribution in [0, 0.1) is 0 Å². The van der Waals surface area contributed by atoms with Gasteiger partial charge in [0.1, 0.15) is 0 Å². The summed E-state index contributed by atoms with van der Waals surface area (Å²) in [6, 6.07) is 0. The summed E-state index contributed by atoms with van der Waals surface area (Å²) in [4.78, 5) is 0. The van der Waals surface area contributed by atoms with Gasteiger partial charge in [0.2, 0.25) is 0 Å². The molecule has 0 aliphatic carbocycles. The van der Waals surface area contributed by atoms with E-state index >= 15 is 0 Å². The highest BCUT2D eigenvalue weighted by Crippen LogP contribution is 2.53. The van der Waals surface area contributed by atoms with Crippen LogP contribution < -0.4 is 0 Å². The molecule has 0 spiro atoms. The van der Waals surface area contributed by atoms with Gasteiger partial charge in [0.25, 0.3) is 0 Å². The third-order valence-corrected chi connectivity index (χ3v) is 1.65. The molecule has 0 aromatic heterocycles. The highest BCUT2D eigenvalue weighted by atomic mass is 19.4. The number of allylic oxidation sites excluding steroid dienone is 2. The van der Waals surface area contributed by atoms with E-state index in [0.29, 0.717) is 0 Å². The number of hydrogen-bond donors (Lipinski definition) is 0. The topological polar surface area (TPSA) is 0 Å². The molecule has 0 aliphatic rings. The van der Waals surface area contributed by atoms with E-state index in [1.54, 1.807) is 0 Å². The van der Waals surface area contributed by atoms with Crippen molar-refractivity contribution < 1.29 is 52.7 Å². The van der Waals surface area contributed by atoms with E-state index in [9.17, 15) is 52.7 Å². The third-order valence-electron chi connectivity index (χ3n) is 1.65. The molecule has 12 heteroatoms. The first kappa shape index (κ1) is 17.9. The lowest BCUT2D eigenvalue weighted by atomic mass is 10.0. The van der Waals surface area contributed by atoms with Gasteiger partial charge >= 0.3 is 30.1 Å². The Bertz CT molecular complexity index is 342. The van der Waals surface area contributed by atoms with E-state index in [1.807, 2.05) is 0 Å². The van der Waals surface area contributed by atoms with Crippen molar-refractivity contribution in [3.8, 4) is 0 Å². The molecule has 0 nitrogen and oxygen atoms in total. The summed E-state index contributed by atoms with van der Waals surface area (Å²) < 4.78 is 143. The van der Waals surface area contributed by atoms with Crippen LogP contribution in [0.1, 0.15) is 0 Å². The lowest BCUT2D eigenvalue weighted by molar-refractivity contribution is -0.388. The third kappa shape index (κ3) is 3.47. The molecule has 0 aromatic carbocycles. The van der Waals surface area contributed by atoms with Crippen molar-refractivity contribution in [1.82, 2.24) is 0 Å². The smallest absolute Gasteiger partial charge is 0.195 e. The molecule has 0 fully saturated rings. The van der Waals surface area contributed by atoms with E-state index in [-0.39, 0.29) is 0 Å². The van der Waals surface area contributed by atoms with Gasteiger partial charge in [0, 0.05) is 6.08 Å². The number of hydrogen-bond acceptors (Lipinski definition) is 0. The van der Waals surface area contributed by atoms with Crippen LogP contribution in [-0.2, 0) is 0 Å². The molecular weight excluding hydrogens is 312 g/mol. The Morgan fingerprint density at radius 2 is 0.842 bits per heavy atom. The molecule has 0 saturated heterocycles. The molecule has 0 unspecified atom stereocenters. The van der Waals surface area contributed by atoms with Crippen LogP contribution in [0.3, 0.4) is 0 Å². The van der Waals surface area contributed by atoms with E-state index < -0.39 is 42.3 Å². The molecule has 0 heterocycles. The lowest BCUT2D eigenvalue weighted by Gasteiger charge is -2.32. The first-order valence-corrected chi connectivity index (χ1v) is 3.93. The molecule has 0 radical (unpaired) electrons. The molecule has 0 N–H and O–H groups in total. The van der Waals surface area contributed by atoms with Crippen molar-refractivity contribution in [1.29, 1.82) is 0 Å². The zero-order chi connectivity index (χ0) is 15.9. The van der Waals surface area contributed by atoms with E-state index in [4.69, 9.17) is 0 Å². The zero-order valence-corrected chi connectivity index (χ0v) is 8.19. The van der Waals surface area contributed by atoms with Gasteiger partial charge in [-0.3, -0.25) is 0 Å². The monoisotopic (exact) mass is 314 g/mol. The Morgan fingerprint density at radius 3 is 1.11 bits per heavy atom. The molecule has 114 valence electrons. The summed E-state index contributed by atoms with van der Waals surface area (Å²) in [6.07, 6.45) is -16.0. The first-order valence-electron chi connectivity index (χ1n) is 3.93. The van der Waals surface area contributed by atoms with Gasteiger partial charge < -0.3 is 0 Å². The van der Waals surface area contributed by atoms with Crippen LogP contribution in [0.15, 0.2) is 12.2 Å². The molecule has 0 amide bonds. The second kappa shape index (κ2) is 4.47. The number of alkyl halides is 12. The molecule has 19 heavy (non-hydrogen) atoms. The number of halogens is 12. The molecule has 0 atom stereocenters. The van der Waals surface area contributed by atoms with Crippen molar-refractivity contribution in [2.24, 2.45) is 0 Å². The second-order valence-electron chi connectivity index (χ2n) is 3.14. The molecule has 0 saturated carbocycles. The van der Waals surface area contributed by atoms with E-state index in [2.05, 4.69) is 0 Å². The van der Waals surface area contributed by atoms with Gasteiger partial charge in [0.05, 0.1) is 0 Å².